The van der Waals surface area contributed by atoms with Crippen molar-refractivity contribution in [2.75, 3.05) is 0 Å². The summed E-state index contributed by atoms with van der Waals surface area (Å²) < 4.78 is 100. The molecule has 2 aromatic rings. The maximum absolute atomic E-state index is 13.1. The smallest absolute Gasteiger partial charge is 0.333 e. The van der Waals surface area contributed by atoms with Crippen molar-refractivity contribution in [2.45, 2.75) is 18.3 Å². The fraction of sp³-hybridized carbons (Fsp3) is 0.250. The molecule has 11 heteroatoms. The summed E-state index contributed by atoms with van der Waals surface area (Å²) in [4.78, 5) is 5.45. The lowest BCUT2D eigenvalue weighted by Gasteiger charge is -2.19. The standard InChI is InChI=1S/C12H5BrF8N2/c13-8-7(11(16,17)18)22-9(23-8)5-1-3-6(4-2-5)10(14,15)12(19,20)21/h1-4H,(H,22,23). The van der Waals surface area contributed by atoms with Crippen LogP contribution in [0.4, 0.5) is 35.1 Å². The van der Waals surface area contributed by atoms with Gasteiger partial charge in [-0.05, 0) is 15.9 Å². The zero-order valence-corrected chi connectivity index (χ0v) is 12.2. The highest BCUT2D eigenvalue weighted by Gasteiger charge is 2.58. The zero-order chi connectivity index (χ0) is 17.6. The van der Waals surface area contributed by atoms with Crippen molar-refractivity contribution in [1.82, 2.24) is 9.97 Å². The van der Waals surface area contributed by atoms with Crippen LogP contribution >= 0.6 is 15.9 Å². The second-order valence-electron chi connectivity index (χ2n) is 4.40. The number of rotatable bonds is 2. The molecule has 1 N–H and O–H groups in total. The number of imidazole rings is 1. The van der Waals surface area contributed by atoms with Crippen LogP contribution in [0, 0.1) is 0 Å². The molecule has 0 amide bonds. The Morgan fingerprint density at radius 3 is 1.78 bits per heavy atom. The molecule has 0 unspecified atom stereocenters. The van der Waals surface area contributed by atoms with E-state index in [0.29, 0.717) is 12.1 Å². The highest BCUT2D eigenvalue weighted by atomic mass is 79.9. The third-order valence-electron chi connectivity index (χ3n) is 2.82. The lowest BCUT2D eigenvalue weighted by atomic mass is 10.1. The molecule has 0 bridgehead atoms. The molecule has 0 fully saturated rings. The fourth-order valence-electron chi connectivity index (χ4n) is 1.68. The minimum absolute atomic E-state index is 0.0806. The first-order chi connectivity index (χ1) is 10.3. The first-order valence-electron chi connectivity index (χ1n) is 5.72. The minimum Gasteiger partial charge on any atom is -0.333 e. The Morgan fingerprint density at radius 1 is 0.870 bits per heavy atom. The quantitative estimate of drug-likeness (QED) is 0.652. The monoisotopic (exact) mass is 408 g/mol. The van der Waals surface area contributed by atoms with E-state index in [1.54, 1.807) is 0 Å². The Balaban J connectivity index is 2.38. The van der Waals surface area contributed by atoms with Crippen LogP contribution in [0.25, 0.3) is 11.4 Å². The number of aromatic nitrogens is 2. The number of nitrogens with zero attached hydrogens (tertiary/aromatic N) is 1. The molecule has 0 saturated heterocycles. The van der Waals surface area contributed by atoms with Crippen LogP contribution in [0.1, 0.15) is 11.3 Å². The summed E-state index contributed by atoms with van der Waals surface area (Å²) in [7, 11) is 0. The van der Waals surface area contributed by atoms with Gasteiger partial charge in [-0.25, -0.2) is 4.98 Å². The van der Waals surface area contributed by atoms with Gasteiger partial charge in [0.25, 0.3) is 0 Å². The molecular formula is C12H5BrF8N2. The topological polar surface area (TPSA) is 28.7 Å². The molecule has 0 aliphatic heterocycles. The molecule has 1 aromatic heterocycles. The van der Waals surface area contributed by atoms with Gasteiger partial charge in [-0.2, -0.15) is 35.1 Å². The molecule has 23 heavy (non-hydrogen) atoms. The minimum atomic E-state index is -5.77. The molecular weight excluding hydrogens is 404 g/mol. The maximum Gasteiger partial charge on any atom is 0.458 e. The molecule has 0 atom stereocenters. The molecule has 0 aliphatic rings. The van der Waals surface area contributed by atoms with Gasteiger partial charge in [-0.15, -0.1) is 0 Å². The summed E-state index contributed by atoms with van der Waals surface area (Å²) in [5.41, 5.74) is -2.60. The second-order valence-corrected chi connectivity index (χ2v) is 5.15. The summed E-state index contributed by atoms with van der Waals surface area (Å²) in [6.07, 6.45) is -10.5. The lowest BCUT2D eigenvalue weighted by Crippen LogP contribution is -2.33. The van der Waals surface area contributed by atoms with Crippen LogP contribution in [0.15, 0.2) is 28.9 Å². The van der Waals surface area contributed by atoms with Gasteiger partial charge >= 0.3 is 18.3 Å². The third kappa shape index (κ3) is 3.33. The first kappa shape index (κ1) is 17.7. The van der Waals surface area contributed by atoms with Crippen LogP contribution in [0.5, 0.6) is 0 Å². The van der Waals surface area contributed by atoms with E-state index in [-0.39, 0.29) is 11.4 Å². The van der Waals surface area contributed by atoms with E-state index in [1.165, 1.54) is 0 Å². The highest BCUT2D eigenvalue weighted by Crippen LogP contribution is 2.44. The van der Waals surface area contributed by atoms with E-state index in [0.717, 1.165) is 12.1 Å². The molecule has 2 nitrogen and oxygen atoms in total. The molecule has 2 rings (SSSR count). The number of hydrogen-bond acceptors (Lipinski definition) is 1. The van der Waals surface area contributed by atoms with Crippen molar-refractivity contribution in [3.05, 3.63) is 40.1 Å². The van der Waals surface area contributed by atoms with Gasteiger partial charge in [0, 0.05) is 11.1 Å². The number of benzene rings is 1. The van der Waals surface area contributed by atoms with Gasteiger partial charge < -0.3 is 4.98 Å². The average molecular weight is 409 g/mol. The zero-order valence-electron chi connectivity index (χ0n) is 10.7. The number of halogens is 9. The lowest BCUT2D eigenvalue weighted by molar-refractivity contribution is -0.289. The maximum atomic E-state index is 13.1. The number of aromatic amines is 1. The van der Waals surface area contributed by atoms with Gasteiger partial charge in [-0.1, -0.05) is 24.3 Å². The highest BCUT2D eigenvalue weighted by molar-refractivity contribution is 9.10. The molecule has 126 valence electrons. The molecule has 0 saturated carbocycles. The van der Waals surface area contributed by atoms with Crippen molar-refractivity contribution in [3.63, 3.8) is 0 Å². The van der Waals surface area contributed by atoms with Crippen LogP contribution in [-0.2, 0) is 12.1 Å². The fourth-order valence-corrected chi connectivity index (χ4v) is 2.18. The van der Waals surface area contributed by atoms with Gasteiger partial charge in [-0.3, -0.25) is 0 Å². The summed E-state index contributed by atoms with van der Waals surface area (Å²) in [5.74, 6) is -5.39. The normalized spacial score (nSPS) is 13.4. The predicted octanol–water partition coefficient (Wildman–Crippen LogP) is 5.51. The third-order valence-corrected chi connectivity index (χ3v) is 3.39. The molecule has 0 radical (unpaired) electrons. The Bertz CT molecular complexity index is 699. The summed E-state index contributed by atoms with van der Waals surface area (Å²) >= 11 is 2.59. The van der Waals surface area contributed by atoms with Gasteiger partial charge in [0.05, 0.1) is 0 Å². The van der Waals surface area contributed by atoms with E-state index in [2.05, 4.69) is 20.9 Å². The number of hydrogen-bond donors (Lipinski definition) is 1. The summed E-state index contributed by atoms with van der Waals surface area (Å²) in [5, 5.41) is 0. The number of alkyl halides is 8. The van der Waals surface area contributed by atoms with E-state index in [1.807, 2.05) is 4.98 Å². The van der Waals surface area contributed by atoms with Crippen molar-refractivity contribution in [2.24, 2.45) is 0 Å². The van der Waals surface area contributed by atoms with E-state index >= 15 is 0 Å². The molecule has 1 aromatic carbocycles. The first-order valence-corrected chi connectivity index (χ1v) is 6.51. The summed E-state index contributed by atoms with van der Waals surface area (Å²) in [6, 6.07) is 2.60. The van der Waals surface area contributed by atoms with Crippen LogP contribution < -0.4 is 0 Å². The molecule has 0 aliphatic carbocycles. The SMILES string of the molecule is FC(F)(F)c1[nH]c(-c2ccc(C(F)(F)C(F)(F)F)cc2)nc1Br. The summed E-state index contributed by atoms with van der Waals surface area (Å²) in [6.45, 7) is 0. The largest absolute Gasteiger partial charge is 0.458 e. The molecule has 0 spiro atoms. The Morgan fingerprint density at radius 2 is 1.39 bits per heavy atom. The van der Waals surface area contributed by atoms with Gasteiger partial charge in [0.1, 0.15) is 10.4 Å². The van der Waals surface area contributed by atoms with Crippen molar-refractivity contribution in [1.29, 1.82) is 0 Å². The van der Waals surface area contributed by atoms with Crippen molar-refractivity contribution >= 4 is 15.9 Å². The van der Waals surface area contributed by atoms with E-state index in [9.17, 15) is 35.1 Å². The van der Waals surface area contributed by atoms with Crippen molar-refractivity contribution < 1.29 is 35.1 Å². The Hall–Kier alpha value is -1.65. The van der Waals surface area contributed by atoms with Gasteiger partial charge in [0.2, 0.25) is 0 Å². The predicted molar refractivity (Wildman–Crippen MR) is 66.7 cm³/mol. The molecule has 1 heterocycles. The van der Waals surface area contributed by atoms with E-state index in [4.69, 9.17) is 0 Å². The van der Waals surface area contributed by atoms with Crippen LogP contribution in [0.3, 0.4) is 0 Å². The number of H-pyrrole nitrogens is 1. The number of nitrogens with one attached hydrogen (secondary N) is 1. The second kappa shape index (κ2) is 5.46. The van der Waals surface area contributed by atoms with Crippen molar-refractivity contribution in [3.8, 4) is 11.4 Å². The van der Waals surface area contributed by atoms with Gasteiger partial charge in [0.15, 0.2) is 5.69 Å². The van der Waals surface area contributed by atoms with Crippen LogP contribution in [-0.4, -0.2) is 16.1 Å². The van der Waals surface area contributed by atoms with Crippen LogP contribution in [0.2, 0.25) is 0 Å². The Kier molecular flexibility index (Phi) is 4.20. The Labute approximate surface area is 131 Å². The van der Waals surface area contributed by atoms with E-state index < -0.39 is 34.1 Å². The average Bonchev–Trinajstić information content (AvgIpc) is 2.79.